The summed E-state index contributed by atoms with van der Waals surface area (Å²) in [4.78, 5) is 61.3. The van der Waals surface area contributed by atoms with Crippen LogP contribution in [0.25, 0.3) is 0 Å². The van der Waals surface area contributed by atoms with Gasteiger partial charge in [0.25, 0.3) is 0 Å². The van der Waals surface area contributed by atoms with E-state index in [4.69, 9.17) is 53.1 Å². The Kier molecular flexibility index (Phi) is 29.7. The van der Waals surface area contributed by atoms with Crippen LogP contribution in [0, 0.1) is 0 Å². The molecule has 3 fully saturated rings. The van der Waals surface area contributed by atoms with Crippen molar-refractivity contribution in [2.75, 3.05) is 39.8 Å². The van der Waals surface area contributed by atoms with Crippen molar-refractivity contribution in [3.8, 4) is 0 Å². The van der Waals surface area contributed by atoms with Crippen LogP contribution in [0.5, 0.6) is 0 Å². The van der Waals surface area contributed by atoms with Crippen LogP contribution in [-0.4, -0.2) is 280 Å². The number of aliphatic hydroxyl groups is 16. The van der Waals surface area contributed by atoms with Crippen molar-refractivity contribution in [2.45, 2.75) is 190 Å². The Morgan fingerprint density at radius 1 is 0.554 bits per heavy atom. The molecule has 83 heavy (non-hydrogen) atoms. The minimum absolute atomic E-state index is 0.0665. The second kappa shape index (κ2) is 34.1. The first kappa shape index (κ1) is 72.2. The van der Waals surface area contributed by atoms with E-state index in [0.29, 0.717) is 0 Å². The Morgan fingerprint density at radius 2 is 1.04 bits per heavy atom. The lowest BCUT2D eigenvalue weighted by Gasteiger charge is -2.45. The van der Waals surface area contributed by atoms with E-state index >= 15 is 0 Å². The fraction of sp³-hybridized carbons (Fsp3) is 0.766. The number of ether oxygens (including phenoxy) is 10. The summed E-state index contributed by atoms with van der Waals surface area (Å²) >= 11 is 0. The molecule has 0 aliphatic carbocycles. The van der Waals surface area contributed by atoms with Crippen molar-refractivity contribution >= 4 is 29.6 Å². The molecule has 22 N–H and O–H groups in total. The van der Waals surface area contributed by atoms with Gasteiger partial charge in [0.15, 0.2) is 49.8 Å². The molecule has 3 aliphatic heterocycles. The zero-order valence-electron chi connectivity index (χ0n) is 45.8. The zero-order chi connectivity index (χ0) is 62.7. The van der Waals surface area contributed by atoms with E-state index in [1.807, 2.05) is 0 Å². The quantitative estimate of drug-likeness (QED) is 0.0133. The molecule has 0 aromatic rings. The summed E-state index contributed by atoms with van der Waals surface area (Å²) < 4.78 is 55.1. The molecule has 0 saturated carbocycles. The van der Waals surface area contributed by atoms with Gasteiger partial charge in [0.2, 0.25) is 29.9 Å². The van der Waals surface area contributed by atoms with Crippen LogP contribution in [0.1, 0.15) is 60.8 Å². The number of nitrogens with one attached hydrogen (secondary N) is 4. The summed E-state index contributed by atoms with van der Waals surface area (Å²) in [6.45, 7) is 1.16. The van der Waals surface area contributed by atoms with E-state index in [1.165, 1.54) is 6.92 Å². The summed E-state index contributed by atoms with van der Waals surface area (Å²) in [6, 6.07) is -5.15. The topological polar surface area (TPSA) is 575 Å². The Balaban J connectivity index is 2.01. The van der Waals surface area contributed by atoms with E-state index in [0.717, 1.165) is 34.6 Å². The van der Waals surface area contributed by atoms with Gasteiger partial charge in [-0.1, -0.05) is 6.92 Å². The van der Waals surface area contributed by atoms with Gasteiger partial charge in [-0.15, -0.1) is 0 Å². The Hall–Kier alpha value is -5.11. The molecule has 21 atom stereocenters. The lowest BCUT2D eigenvalue weighted by Crippen LogP contribution is -2.66. The van der Waals surface area contributed by atoms with Crippen LogP contribution in [0.15, 0.2) is 34.4 Å². The van der Waals surface area contributed by atoms with E-state index in [-0.39, 0.29) is 6.42 Å². The normalized spacial score (nSPS) is 31.5. The minimum Gasteiger partial charge on any atom is -0.507 e. The number of nitrogens with two attached hydrogens (primary N) is 1. The van der Waals surface area contributed by atoms with E-state index in [9.17, 15) is 106 Å². The van der Waals surface area contributed by atoms with Crippen LogP contribution in [0.3, 0.4) is 0 Å². The first-order valence-electron chi connectivity index (χ1n) is 25.6. The predicted molar refractivity (Wildman–Crippen MR) is 267 cm³/mol. The molecule has 0 aromatic carbocycles. The molecule has 0 aromatic heterocycles. The number of amides is 4. The van der Waals surface area contributed by atoms with Crippen LogP contribution < -0.4 is 27.0 Å². The first-order valence-corrected chi connectivity index (χ1v) is 25.6. The molecular formula is C47H79N5O31. The van der Waals surface area contributed by atoms with Crippen LogP contribution in [0.2, 0.25) is 0 Å². The number of esters is 1. The van der Waals surface area contributed by atoms with Crippen molar-refractivity contribution < 1.29 is 153 Å². The monoisotopic (exact) mass is 1210 g/mol. The minimum atomic E-state index is -2.59. The molecule has 36 heteroatoms. The van der Waals surface area contributed by atoms with Gasteiger partial charge >= 0.3 is 5.97 Å². The average molecular weight is 1210 g/mol. The van der Waals surface area contributed by atoms with Crippen LogP contribution in [0.4, 0.5) is 0 Å². The average Bonchev–Trinajstić information content (AvgIpc) is 3.63. The lowest BCUT2D eigenvalue weighted by atomic mass is 9.96. The summed E-state index contributed by atoms with van der Waals surface area (Å²) in [5.74, 6) is -8.98. The molecule has 21 unspecified atom stereocenters. The van der Waals surface area contributed by atoms with Gasteiger partial charge in [-0.2, -0.15) is 0 Å². The van der Waals surface area contributed by atoms with Crippen molar-refractivity contribution in [3.05, 3.63) is 34.4 Å². The smallest absolute Gasteiger partial charge is 0.302 e. The zero-order valence-corrected chi connectivity index (χ0v) is 45.8. The van der Waals surface area contributed by atoms with Crippen molar-refractivity contribution in [1.29, 1.82) is 0 Å². The molecule has 3 saturated heterocycles. The predicted octanol–water partition coefficient (Wildman–Crippen LogP) is -8.35. The third-order valence-electron chi connectivity index (χ3n) is 12.5. The third-order valence-corrected chi connectivity index (χ3v) is 12.5. The van der Waals surface area contributed by atoms with Gasteiger partial charge in [-0.05, 0) is 6.42 Å². The van der Waals surface area contributed by atoms with Crippen molar-refractivity contribution in [1.82, 2.24) is 21.3 Å². The number of hydrogen-bond acceptors (Lipinski definition) is 32. The summed E-state index contributed by atoms with van der Waals surface area (Å²) in [5.41, 5.74) is 4.12. The standard InChI is InChI=1S/C47H79N5O31/c1-7-21(61)32(62)39(69)45(73)76-15-74-13-26-41(37(67)30(42(70)77-26)51-18(4)58)83-44(72)29(50-17(3)57)34(64)23(9-11-54)79-47-31(52-19(5)59)38(68)40(24(12-55)80-47)82-43(71)28(49-16(2)56)33(63)22(8-10-53)78-46-27(48)36(66)35(65)25(81-46)14-75-20(6)60/h21-27,30-31,35-38,40-47,53-55,61-73H,7-15,48H2,1-6H3,(H,49,56)(H,50,57)(H,51,58)(H,52,59)/b33-28-,34-29-,39-32-. The maximum Gasteiger partial charge on any atom is 0.302 e. The SMILES string of the molecule is CCC(O)/C(O)=C(/O)C(O)OCOCC1OC(O)C(NC(C)=O)C(O)C1OC(O)/C(NC(C)=O)=C(/O)C(CCO)OC1OC(CO)C(OC(O)/C(NC(C)=O)=C(/O)C(CCO)OC2OC(COC(C)=O)C(O)C(O)C2N)C(O)C1NC(C)=O. The highest BCUT2D eigenvalue weighted by Crippen LogP contribution is 2.32. The molecule has 478 valence electrons. The second-order valence-electron chi connectivity index (χ2n) is 19.0. The Morgan fingerprint density at radius 3 is 1.51 bits per heavy atom. The molecule has 0 radical (unpaired) electrons. The number of carbonyl (C=O) groups excluding carboxylic acids is 5. The van der Waals surface area contributed by atoms with Gasteiger partial charge < -0.3 is 156 Å². The Bertz CT molecular complexity index is 2210. The molecule has 0 spiro atoms. The first-order chi connectivity index (χ1) is 38.9. The van der Waals surface area contributed by atoms with E-state index < -0.39 is 246 Å². The number of hydrogen-bond donors (Lipinski definition) is 21. The molecule has 3 rings (SSSR count). The molecular weight excluding hydrogens is 1130 g/mol. The summed E-state index contributed by atoms with van der Waals surface area (Å²) in [7, 11) is 0. The molecule has 4 amide bonds. The van der Waals surface area contributed by atoms with E-state index in [1.54, 1.807) is 0 Å². The highest BCUT2D eigenvalue weighted by molar-refractivity contribution is 5.76. The molecule has 3 aliphatic rings. The van der Waals surface area contributed by atoms with E-state index in [2.05, 4.69) is 21.3 Å². The number of aliphatic hydroxyl groups excluding tert-OH is 16. The third kappa shape index (κ3) is 20.5. The number of carbonyl (C=O) groups is 5. The molecule has 3 heterocycles. The largest absolute Gasteiger partial charge is 0.507 e. The van der Waals surface area contributed by atoms with Gasteiger partial charge in [-0.25, -0.2) is 0 Å². The summed E-state index contributed by atoms with van der Waals surface area (Å²) in [6.07, 6.45) is -36.5. The van der Waals surface area contributed by atoms with Gasteiger partial charge in [0.1, 0.15) is 115 Å². The van der Waals surface area contributed by atoms with Gasteiger partial charge in [0.05, 0.1) is 19.3 Å². The van der Waals surface area contributed by atoms with Gasteiger partial charge in [0, 0.05) is 60.7 Å². The highest BCUT2D eigenvalue weighted by Gasteiger charge is 2.51. The molecule has 36 nitrogen and oxygen atoms in total. The lowest BCUT2D eigenvalue weighted by molar-refractivity contribution is -0.303. The maximum absolute atomic E-state index is 12.7. The van der Waals surface area contributed by atoms with Crippen molar-refractivity contribution in [3.63, 3.8) is 0 Å². The van der Waals surface area contributed by atoms with Crippen LogP contribution in [-0.2, 0) is 71.3 Å². The number of rotatable bonds is 31. The van der Waals surface area contributed by atoms with Crippen LogP contribution >= 0.6 is 0 Å². The highest BCUT2D eigenvalue weighted by atomic mass is 16.7. The van der Waals surface area contributed by atoms with Crippen molar-refractivity contribution in [2.24, 2.45) is 5.73 Å². The summed E-state index contributed by atoms with van der Waals surface area (Å²) in [5, 5.41) is 181. The molecule has 0 bridgehead atoms. The fourth-order valence-corrected chi connectivity index (χ4v) is 8.39. The second-order valence-corrected chi connectivity index (χ2v) is 19.0. The fourth-order valence-electron chi connectivity index (χ4n) is 8.39. The Labute approximate surface area is 473 Å². The van der Waals surface area contributed by atoms with Gasteiger partial charge in [-0.3, -0.25) is 24.0 Å². The maximum atomic E-state index is 12.7.